The van der Waals surface area contributed by atoms with Gasteiger partial charge in [-0.2, -0.15) is 16.1 Å². The van der Waals surface area contributed by atoms with E-state index in [9.17, 15) is 8.42 Å². The van der Waals surface area contributed by atoms with E-state index in [1.54, 1.807) is 30.4 Å². The van der Waals surface area contributed by atoms with Crippen LogP contribution in [-0.2, 0) is 10.0 Å². The molecule has 0 aromatic carbocycles. The minimum atomic E-state index is -3.64. The number of thioether (sulfide) groups is 1. The first kappa shape index (κ1) is 14.6. The van der Waals surface area contributed by atoms with Crippen LogP contribution >= 0.6 is 23.1 Å². The van der Waals surface area contributed by atoms with Gasteiger partial charge in [-0.25, -0.2) is 13.4 Å². The number of anilines is 1. The molecule has 2 rings (SSSR count). The molecule has 0 bridgehead atoms. The van der Waals surface area contributed by atoms with Crippen molar-refractivity contribution in [2.75, 3.05) is 24.8 Å². The molecule has 6 nitrogen and oxygen atoms in total. The van der Waals surface area contributed by atoms with Gasteiger partial charge in [0.25, 0.3) is 10.0 Å². The lowest BCUT2D eigenvalue weighted by atomic mass is 10.4. The summed E-state index contributed by atoms with van der Waals surface area (Å²) in [5.41, 5.74) is 5.76. The fraction of sp³-hybridized carbons (Fsp3) is 0.500. The van der Waals surface area contributed by atoms with Gasteiger partial charge in [0.15, 0.2) is 15.8 Å². The van der Waals surface area contributed by atoms with Crippen LogP contribution < -0.4 is 5.73 Å². The van der Waals surface area contributed by atoms with Crippen LogP contribution in [0.4, 0.5) is 5.82 Å². The molecule has 2 N–H and O–H groups in total. The Morgan fingerprint density at radius 3 is 2.95 bits per heavy atom. The average molecular weight is 320 g/mol. The molecule has 1 atom stereocenters. The van der Waals surface area contributed by atoms with Crippen molar-refractivity contribution in [2.45, 2.75) is 18.0 Å². The number of nitrogens with zero attached hydrogens (tertiary/aromatic N) is 3. The van der Waals surface area contributed by atoms with Gasteiger partial charge in [-0.05, 0) is 13.2 Å². The molecule has 2 heterocycles. The Labute approximate surface area is 120 Å². The van der Waals surface area contributed by atoms with E-state index in [4.69, 9.17) is 5.73 Å². The lowest BCUT2D eigenvalue weighted by Crippen LogP contribution is -2.37. The van der Waals surface area contributed by atoms with E-state index in [0.717, 1.165) is 5.75 Å². The molecule has 0 saturated carbocycles. The van der Waals surface area contributed by atoms with Gasteiger partial charge in [0.05, 0.1) is 0 Å². The van der Waals surface area contributed by atoms with Crippen LogP contribution in [0.2, 0.25) is 0 Å². The van der Waals surface area contributed by atoms with Crippen LogP contribution in [0.5, 0.6) is 0 Å². The number of aromatic nitrogens is 2. The van der Waals surface area contributed by atoms with Crippen LogP contribution in [0.15, 0.2) is 16.6 Å². The Bertz CT molecular complexity index is 676. The largest absolute Gasteiger partial charge is 0.381 e. The molecule has 9 heteroatoms. The van der Waals surface area contributed by atoms with Crippen LogP contribution in [0, 0.1) is 0 Å². The zero-order chi connectivity index (χ0) is 14.2. The fourth-order valence-corrected chi connectivity index (χ4v) is 4.86. The van der Waals surface area contributed by atoms with Gasteiger partial charge in [-0.3, -0.25) is 4.40 Å². The highest BCUT2D eigenvalue weighted by atomic mass is 32.2. The zero-order valence-corrected chi connectivity index (χ0v) is 13.3. The first-order valence-corrected chi connectivity index (χ1v) is 9.29. The molecular weight excluding hydrogens is 304 g/mol. The number of hydrogen-bond acceptors (Lipinski definition) is 6. The van der Waals surface area contributed by atoms with E-state index in [-0.39, 0.29) is 16.9 Å². The predicted molar refractivity (Wildman–Crippen MR) is 80.3 cm³/mol. The minimum Gasteiger partial charge on any atom is -0.381 e. The number of fused-ring (bicyclic) bond motifs is 1. The minimum absolute atomic E-state index is 0.0510. The van der Waals surface area contributed by atoms with Gasteiger partial charge < -0.3 is 5.73 Å². The number of sulfonamides is 1. The first-order valence-electron chi connectivity index (χ1n) is 5.57. The summed E-state index contributed by atoms with van der Waals surface area (Å²) >= 11 is 2.96. The molecule has 2 aromatic heterocycles. The molecule has 0 aliphatic rings. The summed E-state index contributed by atoms with van der Waals surface area (Å²) in [6.07, 6.45) is 3.62. The highest BCUT2D eigenvalue weighted by Gasteiger charge is 2.31. The van der Waals surface area contributed by atoms with Crippen molar-refractivity contribution in [1.82, 2.24) is 13.7 Å². The number of thiazole rings is 1. The second kappa shape index (κ2) is 5.31. The Morgan fingerprint density at radius 1 is 1.63 bits per heavy atom. The number of nitrogens with two attached hydrogens (primary N) is 1. The molecule has 0 amide bonds. The molecular formula is C10H16N4O2S3. The van der Waals surface area contributed by atoms with Gasteiger partial charge in [0, 0.05) is 30.4 Å². The smallest absolute Gasteiger partial charge is 0.262 e. The molecule has 0 spiro atoms. The van der Waals surface area contributed by atoms with E-state index in [2.05, 4.69) is 4.98 Å². The van der Waals surface area contributed by atoms with Crippen molar-refractivity contribution < 1.29 is 8.42 Å². The highest BCUT2D eigenvalue weighted by molar-refractivity contribution is 7.98. The summed E-state index contributed by atoms with van der Waals surface area (Å²) in [6, 6.07) is -0.108. The van der Waals surface area contributed by atoms with Crippen LogP contribution in [0.1, 0.15) is 6.92 Å². The Kier molecular flexibility index (Phi) is 4.09. The lowest BCUT2D eigenvalue weighted by Gasteiger charge is -2.23. The van der Waals surface area contributed by atoms with Crippen molar-refractivity contribution in [3.8, 4) is 0 Å². The molecule has 2 aromatic rings. The summed E-state index contributed by atoms with van der Waals surface area (Å²) in [5.74, 6) is 0.774. The van der Waals surface area contributed by atoms with Crippen molar-refractivity contribution in [3.63, 3.8) is 0 Å². The van der Waals surface area contributed by atoms with Gasteiger partial charge in [-0.15, -0.1) is 11.3 Å². The van der Waals surface area contributed by atoms with Gasteiger partial charge in [-0.1, -0.05) is 0 Å². The molecule has 0 aliphatic carbocycles. The quantitative estimate of drug-likeness (QED) is 0.899. The molecule has 1 unspecified atom stereocenters. The summed E-state index contributed by atoms with van der Waals surface area (Å²) in [4.78, 5) is 4.66. The van der Waals surface area contributed by atoms with Crippen molar-refractivity contribution in [3.05, 3.63) is 11.6 Å². The van der Waals surface area contributed by atoms with Crippen molar-refractivity contribution in [1.29, 1.82) is 0 Å². The Hall–Kier alpha value is -0.770. The predicted octanol–water partition coefficient (Wildman–Crippen LogP) is 1.35. The number of rotatable bonds is 5. The molecule has 106 valence electrons. The average Bonchev–Trinajstić information content (AvgIpc) is 2.87. The Morgan fingerprint density at radius 2 is 2.32 bits per heavy atom. The lowest BCUT2D eigenvalue weighted by molar-refractivity contribution is 0.413. The fourth-order valence-electron chi connectivity index (χ4n) is 1.76. The van der Waals surface area contributed by atoms with E-state index >= 15 is 0 Å². The normalized spacial score (nSPS) is 14.3. The maximum Gasteiger partial charge on any atom is 0.262 e. The van der Waals surface area contributed by atoms with E-state index in [1.807, 2.05) is 13.2 Å². The SMILES string of the molecule is CSCC(C)N(C)S(=O)(=O)c1c(N)nc2sccn12. The van der Waals surface area contributed by atoms with E-state index in [0.29, 0.717) is 4.96 Å². The van der Waals surface area contributed by atoms with E-state index < -0.39 is 10.0 Å². The number of imidazole rings is 1. The standard InChI is InChI=1S/C10H16N4O2S3/c1-7(6-17-3)13(2)19(15,16)9-8(11)12-10-14(9)4-5-18-10/h4-5,7H,6,11H2,1-3H3. The summed E-state index contributed by atoms with van der Waals surface area (Å²) in [5, 5.41) is 1.84. The second-order valence-electron chi connectivity index (χ2n) is 4.18. The summed E-state index contributed by atoms with van der Waals surface area (Å²) in [6.45, 7) is 1.87. The highest BCUT2D eigenvalue weighted by Crippen LogP contribution is 2.26. The van der Waals surface area contributed by atoms with E-state index in [1.165, 1.54) is 20.0 Å². The Balaban J connectivity index is 2.49. The van der Waals surface area contributed by atoms with Gasteiger partial charge >= 0.3 is 0 Å². The van der Waals surface area contributed by atoms with Crippen LogP contribution in [-0.4, -0.2) is 47.2 Å². The molecule has 0 radical (unpaired) electrons. The molecule has 0 saturated heterocycles. The summed E-state index contributed by atoms with van der Waals surface area (Å²) in [7, 11) is -2.07. The first-order chi connectivity index (χ1) is 8.89. The number of nitrogen functional groups attached to an aromatic ring is 1. The summed E-state index contributed by atoms with van der Waals surface area (Å²) < 4.78 is 28.1. The van der Waals surface area contributed by atoms with Gasteiger partial charge in [0.2, 0.25) is 0 Å². The maximum atomic E-state index is 12.6. The monoisotopic (exact) mass is 320 g/mol. The number of hydrogen-bond donors (Lipinski definition) is 1. The van der Waals surface area contributed by atoms with Crippen LogP contribution in [0.3, 0.4) is 0 Å². The molecule has 0 fully saturated rings. The third kappa shape index (κ3) is 2.47. The zero-order valence-electron chi connectivity index (χ0n) is 10.9. The molecule has 19 heavy (non-hydrogen) atoms. The second-order valence-corrected chi connectivity index (χ2v) is 7.88. The van der Waals surface area contributed by atoms with Crippen molar-refractivity contribution in [2.24, 2.45) is 0 Å². The molecule has 0 aliphatic heterocycles. The van der Waals surface area contributed by atoms with Crippen molar-refractivity contribution >= 4 is 43.9 Å². The third-order valence-electron chi connectivity index (χ3n) is 2.90. The topological polar surface area (TPSA) is 80.7 Å². The maximum absolute atomic E-state index is 12.6. The third-order valence-corrected chi connectivity index (χ3v) is 6.48. The van der Waals surface area contributed by atoms with Crippen LogP contribution in [0.25, 0.3) is 4.96 Å². The van der Waals surface area contributed by atoms with Gasteiger partial charge in [0.1, 0.15) is 0 Å².